The highest BCUT2D eigenvalue weighted by molar-refractivity contribution is 6.20. The topological polar surface area (TPSA) is 61.9 Å². The third kappa shape index (κ3) is 3.78. The van der Waals surface area contributed by atoms with E-state index in [1.165, 1.54) is 0 Å². The van der Waals surface area contributed by atoms with Crippen molar-refractivity contribution in [3.8, 4) is 0 Å². The van der Waals surface area contributed by atoms with E-state index in [1.54, 1.807) is 0 Å². The number of nitrogens with zero attached hydrogens (tertiary/aromatic N) is 2. The molecule has 5 rings (SSSR count). The molecule has 7 heteroatoms. The van der Waals surface area contributed by atoms with E-state index in [9.17, 15) is 9.59 Å². The summed E-state index contributed by atoms with van der Waals surface area (Å²) in [5.74, 6) is 1.06. The number of carbonyl (C=O) groups excluding carboxylic acids is 2. The molecule has 0 spiro atoms. The molecule has 0 aromatic heterocycles. The highest BCUT2D eigenvalue weighted by Crippen LogP contribution is 2.44. The SMILES string of the molecule is CC1CCC(NC(=O)C2(C)CN3C(CC4OCCC43)C(=O)N2C2CCCC(Cl)C2C)CC1. The summed E-state index contributed by atoms with van der Waals surface area (Å²) in [6, 6.07) is 0.336. The molecule has 0 aromatic carbocycles. The first-order valence-corrected chi connectivity index (χ1v) is 13.4. The Labute approximate surface area is 197 Å². The van der Waals surface area contributed by atoms with Crippen LogP contribution in [0.15, 0.2) is 0 Å². The molecule has 5 fully saturated rings. The van der Waals surface area contributed by atoms with Crippen molar-refractivity contribution in [2.45, 2.75) is 120 Å². The van der Waals surface area contributed by atoms with Crippen LogP contribution in [0.1, 0.15) is 78.6 Å². The monoisotopic (exact) mass is 465 g/mol. The lowest BCUT2D eigenvalue weighted by Crippen LogP contribution is -2.75. The Hall–Kier alpha value is -0.850. The first kappa shape index (κ1) is 22.9. The molecule has 7 unspecified atom stereocenters. The minimum atomic E-state index is -0.874. The van der Waals surface area contributed by atoms with Crippen LogP contribution in [0.3, 0.4) is 0 Å². The molecule has 0 aromatic rings. The number of piperazine rings is 1. The number of carbonyl (C=O) groups is 2. The van der Waals surface area contributed by atoms with Gasteiger partial charge in [-0.25, -0.2) is 0 Å². The summed E-state index contributed by atoms with van der Waals surface area (Å²) in [6.45, 7) is 7.82. The van der Waals surface area contributed by atoms with E-state index in [0.29, 0.717) is 6.54 Å². The maximum Gasteiger partial charge on any atom is 0.247 e. The molecule has 3 aliphatic heterocycles. The summed E-state index contributed by atoms with van der Waals surface area (Å²) in [5.41, 5.74) is -0.874. The van der Waals surface area contributed by atoms with Gasteiger partial charge in [0.1, 0.15) is 5.54 Å². The summed E-state index contributed by atoms with van der Waals surface area (Å²) in [6.07, 6.45) is 9.14. The van der Waals surface area contributed by atoms with Crippen molar-refractivity contribution < 1.29 is 14.3 Å². The maximum absolute atomic E-state index is 14.1. The van der Waals surface area contributed by atoms with Crippen molar-refractivity contribution in [1.82, 2.24) is 15.1 Å². The van der Waals surface area contributed by atoms with Crippen LogP contribution >= 0.6 is 11.6 Å². The molecular weight excluding hydrogens is 426 g/mol. The number of rotatable bonds is 3. The molecule has 2 aliphatic carbocycles. The Bertz CT molecular complexity index is 742. The molecule has 5 aliphatic rings. The first-order valence-electron chi connectivity index (χ1n) is 12.9. The van der Waals surface area contributed by atoms with Gasteiger partial charge in [-0.2, -0.15) is 0 Å². The zero-order valence-corrected chi connectivity index (χ0v) is 20.7. The van der Waals surface area contributed by atoms with Crippen molar-refractivity contribution in [3.05, 3.63) is 0 Å². The first-order chi connectivity index (χ1) is 15.3. The van der Waals surface area contributed by atoms with E-state index in [2.05, 4.69) is 24.1 Å². The minimum Gasteiger partial charge on any atom is -0.376 e. The number of amides is 2. The lowest BCUT2D eigenvalue weighted by Gasteiger charge is -2.55. The third-order valence-corrected chi connectivity index (χ3v) is 9.95. The Morgan fingerprint density at radius 3 is 2.59 bits per heavy atom. The third-order valence-electron chi connectivity index (χ3n) is 9.33. The van der Waals surface area contributed by atoms with Crippen molar-refractivity contribution in [1.29, 1.82) is 0 Å². The van der Waals surface area contributed by atoms with Gasteiger partial charge < -0.3 is 15.0 Å². The zero-order valence-electron chi connectivity index (χ0n) is 19.9. The second-order valence-corrected chi connectivity index (χ2v) is 12.0. The van der Waals surface area contributed by atoms with Gasteiger partial charge in [-0.3, -0.25) is 14.5 Å². The predicted molar refractivity (Wildman–Crippen MR) is 125 cm³/mol. The Balaban J connectivity index is 1.44. The molecule has 32 heavy (non-hydrogen) atoms. The van der Waals surface area contributed by atoms with Gasteiger partial charge >= 0.3 is 0 Å². The van der Waals surface area contributed by atoms with Gasteiger partial charge in [0.25, 0.3) is 0 Å². The molecule has 1 N–H and O–H groups in total. The van der Waals surface area contributed by atoms with Crippen LogP contribution in [0.5, 0.6) is 0 Å². The van der Waals surface area contributed by atoms with Gasteiger partial charge in [0.15, 0.2) is 0 Å². The van der Waals surface area contributed by atoms with E-state index in [1.807, 2.05) is 11.8 Å². The van der Waals surface area contributed by atoms with Crippen LogP contribution in [0.25, 0.3) is 0 Å². The average molecular weight is 466 g/mol. The Morgan fingerprint density at radius 1 is 1.09 bits per heavy atom. The second-order valence-electron chi connectivity index (χ2n) is 11.5. The van der Waals surface area contributed by atoms with Gasteiger partial charge in [0.2, 0.25) is 11.8 Å². The summed E-state index contributed by atoms with van der Waals surface area (Å²) >= 11 is 6.69. The summed E-state index contributed by atoms with van der Waals surface area (Å²) in [7, 11) is 0. The lowest BCUT2D eigenvalue weighted by molar-refractivity contribution is -0.168. The summed E-state index contributed by atoms with van der Waals surface area (Å²) in [4.78, 5) is 32.3. The number of ether oxygens (including phenoxy) is 1. The number of nitrogens with one attached hydrogen (secondary N) is 1. The zero-order chi connectivity index (χ0) is 22.6. The summed E-state index contributed by atoms with van der Waals surface area (Å²) in [5, 5.41) is 3.43. The maximum atomic E-state index is 14.1. The van der Waals surface area contributed by atoms with Gasteiger partial charge in [-0.05, 0) is 76.5 Å². The van der Waals surface area contributed by atoms with Crippen LogP contribution < -0.4 is 5.32 Å². The molecule has 0 bridgehead atoms. The number of fused-ring (bicyclic) bond motifs is 3. The number of alkyl halides is 1. The van der Waals surface area contributed by atoms with Crippen LogP contribution in [0.2, 0.25) is 0 Å². The van der Waals surface area contributed by atoms with Crippen molar-refractivity contribution in [2.75, 3.05) is 13.2 Å². The minimum absolute atomic E-state index is 0.0180. The smallest absolute Gasteiger partial charge is 0.247 e. The molecular formula is C25H40ClN3O3. The molecule has 6 nitrogen and oxygen atoms in total. The van der Waals surface area contributed by atoms with Crippen molar-refractivity contribution >= 4 is 23.4 Å². The van der Waals surface area contributed by atoms with E-state index < -0.39 is 5.54 Å². The van der Waals surface area contributed by atoms with Crippen LogP contribution in [0.4, 0.5) is 0 Å². The van der Waals surface area contributed by atoms with Gasteiger partial charge in [0, 0.05) is 36.7 Å². The highest BCUT2D eigenvalue weighted by Gasteiger charge is 2.60. The standard InChI is InChI=1S/C25H40ClN3O3/c1-15-7-9-17(10-8-15)27-24(31)25(3)14-28-20-11-12-32-22(20)13-21(28)23(30)29(25)19-6-4-5-18(26)16(19)2/h15-22H,4-14H2,1-3H3,(H,27,31). The lowest BCUT2D eigenvalue weighted by atomic mass is 9.79. The van der Waals surface area contributed by atoms with Gasteiger partial charge in [-0.1, -0.05) is 13.8 Å². The van der Waals surface area contributed by atoms with Crippen molar-refractivity contribution in [2.24, 2.45) is 11.8 Å². The average Bonchev–Trinajstić information content (AvgIpc) is 3.35. The molecule has 3 saturated heterocycles. The summed E-state index contributed by atoms with van der Waals surface area (Å²) < 4.78 is 5.96. The predicted octanol–water partition coefficient (Wildman–Crippen LogP) is 3.31. The Morgan fingerprint density at radius 2 is 1.84 bits per heavy atom. The second kappa shape index (κ2) is 8.74. The number of hydrogen-bond donors (Lipinski definition) is 1. The van der Waals surface area contributed by atoms with E-state index >= 15 is 0 Å². The van der Waals surface area contributed by atoms with E-state index in [0.717, 1.165) is 70.3 Å². The van der Waals surface area contributed by atoms with E-state index in [-0.39, 0.29) is 53.4 Å². The fraction of sp³-hybridized carbons (Fsp3) is 0.920. The molecule has 3 heterocycles. The van der Waals surface area contributed by atoms with Gasteiger partial charge in [-0.15, -0.1) is 11.6 Å². The van der Waals surface area contributed by atoms with Crippen molar-refractivity contribution in [3.63, 3.8) is 0 Å². The highest BCUT2D eigenvalue weighted by atomic mass is 35.5. The van der Waals surface area contributed by atoms with Crippen LogP contribution in [0, 0.1) is 11.8 Å². The molecule has 2 saturated carbocycles. The molecule has 7 atom stereocenters. The quantitative estimate of drug-likeness (QED) is 0.649. The normalized spacial score (nSPS) is 47.2. The molecule has 2 amide bonds. The number of halogens is 1. The van der Waals surface area contributed by atoms with E-state index in [4.69, 9.17) is 16.3 Å². The molecule has 180 valence electrons. The largest absolute Gasteiger partial charge is 0.376 e. The van der Waals surface area contributed by atoms with Crippen LogP contribution in [-0.4, -0.2) is 76.0 Å². The fourth-order valence-electron chi connectivity index (χ4n) is 7.24. The van der Waals surface area contributed by atoms with Gasteiger partial charge in [0.05, 0.1) is 12.1 Å². The Kier molecular flexibility index (Phi) is 6.26. The fourth-order valence-corrected chi connectivity index (χ4v) is 7.56. The molecule has 0 radical (unpaired) electrons. The number of hydrogen-bond acceptors (Lipinski definition) is 4. The van der Waals surface area contributed by atoms with Crippen LogP contribution in [-0.2, 0) is 14.3 Å².